The predicted molar refractivity (Wildman–Crippen MR) is 144 cm³/mol. The van der Waals surface area contributed by atoms with Crippen LogP contribution in [0, 0.1) is 5.92 Å². The molecule has 1 aliphatic rings. The Balaban J connectivity index is 1.89. The number of fused-ring (bicyclic) bond motifs is 1. The maximum Gasteiger partial charge on any atom is 0.408 e. The van der Waals surface area contributed by atoms with E-state index >= 15 is 0 Å². The lowest BCUT2D eigenvalue weighted by atomic mass is 9.92. The van der Waals surface area contributed by atoms with Gasteiger partial charge in [-0.25, -0.2) is 17.9 Å². The Kier molecular flexibility index (Phi) is 8.87. The Labute approximate surface area is 219 Å². The van der Waals surface area contributed by atoms with Crippen LogP contribution in [0.4, 0.5) is 10.5 Å². The van der Waals surface area contributed by atoms with Crippen molar-refractivity contribution in [3.63, 3.8) is 0 Å². The molecular weight excluding hydrogens is 494 g/mol. The number of hydrogen-bond donors (Lipinski definition) is 3. The van der Waals surface area contributed by atoms with Gasteiger partial charge in [0.25, 0.3) is 0 Å². The van der Waals surface area contributed by atoms with Crippen LogP contribution < -0.4 is 15.4 Å². The summed E-state index contributed by atoms with van der Waals surface area (Å²) in [6.07, 6.45) is 1.37. The van der Waals surface area contributed by atoms with Crippen LogP contribution in [0.15, 0.2) is 41.3 Å². The van der Waals surface area contributed by atoms with Gasteiger partial charge in [-0.05, 0) is 78.9 Å². The average Bonchev–Trinajstić information content (AvgIpc) is 2.76. The van der Waals surface area contributed by atoms with Crippen LogP contribution in [0.2, 0.25) is 0 Å². The molecule has 0 bridgehead atoms. The smallest absolute Gasteiger partial charge is 0.408 e. The molecule has 2 amide bonds. The molecule has 37 heavy (non-hydrogen) atoms. The second-order valence-electron chi connectivity index (χ2n) is 11.5. The Morgan fingerprint density at radius 3 is 2.24 bits per heavy atom. The lowest BCUT2D eigenvalue weighted by Gasteiger charge is -2.28. The van der Waals surface area contributed by atoms with Crippen molar-refractivity contribution < 1.29 is 27.5 Å². The zero-order valence-corrected chi connectivity index (χ0v) is 23.3. The van der Waals surface area contributed by atoms with Gasteiger partial charge in [-0.15, -0.1) is 0 Å². The molecular formula is C27H39N3O6S. The summed E-state index contributed by atoms with van der Waals surface area (Å²) in [5.74, 6) is -0.182. The molecule has 3 N–H and O–H groups in total. The molecule has 2 aromatic carbocycles. The number of anilines is 1. The Bertz CT molecular complexity index is 1220. The third-order valence-electron chi connectivity index (χ3n) is 5.79. The summed E-state index contributed by atoms with van der Waals surface area (Å²) in [5, 5.41) is 6.71. The standard InChI is InChI=1S/C27H39N3O6S/c1-26(2,3)30-37(33,34)23-12-8-9-19-20(23)10-7-11-21(19)28-24(31)22(17-18-13-15-35-16-14-18)29-25(32)36-27(4,5)6/h7-12,18,22,30H,13-17H2,1-6H3,(H,28,31)(H,29,32)/t22-/m0/s1. The molecule has 0 aliphatic carbocycles. The summed E-state index contributed by atoms with van der Waals surface area (Å²) in [6.45, 7) is 11.8. The van der Waals surface area contributed by atoms with Crippen LogP contribution in [-0.2, 0) is 24.3 Å². The SMILES string of the molecule is CC(C)(C)NS(=O)(=O)c1cccc2c(NC(=O)[C@H](CC3CCOCC3)NC(=O)OC(C)(C)C)cccc12. The zero-order valence-electron chi connectivity index (χ0n) is 22.5. The van der Waals surface area contributed by atoms with E-state index in [-0.39, 0.29) is 10.8 Å². The Morgan fingerprint density at radius 1 is 1.00 bits per heavy atom. The highest BCUT2D eigenvalue weighted by molar-refractivity contribution is 7.89. The van der Waals surface area contributed by atoms with Crippen molar-refractivity contribution in [3.05, 3.63) is 36.4 Å². The maximum atomic E-state index is 13.5. The summed E-state index contributed by atoms with van der Waals surface area (Å²) in [7, 11) is -3.81. The first-order chi connectivity index (χ1) is 17.1. The van der Waals surface area contributed by atoms with E-state index in [1.807, 2.05) is 0 Å². The molecule has 0 radical (unpaired) electrons. The third kappa shape index (κ3) is 8.41. The fourth-order valence-corrected chi connectivity index (χ4v) is 5.94. The van der Waals surface area contributed by atoms with Crippen LogP contribution in [-0.4, -0.2) is 50.8 Å². The van der Waals surface area contributed by atoms with E-state index in [0.29, 0.717) is 36.1 Å². The van der Waals surface area contributed by atoms with Gasteiger partial charge in [0.05, 0.1) is 4.90 Å². The topological polar surface area (TPSA) is 123 Å². The first-order valence-corrected chi connectivity index (χ1v) is 14.1. The molecule has 9 nitrogen and oxygen atoms in total. The van der Waals surface area contributed by atoms with Gasteiger partial charge in [-0.1, -0.05) is 24.3 Å². The molecule has 1 aliphatic heterocycles. The van der Waals surface area contributed by atoms with E-state index in [9.17, 15) is 18.0 Å². The number of carbonyl (C=O) groups excluding carboxylic acids is 2. The molecule has 2 aromatic rings. The second-order valence-corrected chi connectivity index (χ2v) is 13.1. The quantitative estimate of drug-likeness (QED) is 0.479. The van der Waals surface area contributed by atoms with Crippen molar-refractivity contribution in [2.75, 3.05) is 18.5 Å². The van der Waals surface area contributed by atoms with Crippen LogP contribution in [0.1, 0.15) is 60.8 Å². The number of ether oxygens (including phenoxy) is 2. The largest absolute Gasteiger partial charge is 0.444 e. The van der Waals surface area contributed by atoms with E-state index in [1.54, 1.807) is 77.9 Å². The average molecular weight is 534 g/mol. The first-order valence-electron chi connectivity index (χ1n) is 12.6. The number of carbonyl (C=O) groups is 2. The van der Waals surface area contributed by atoms with Gasteiger partial charge in [0.1, 0.15) is 11.6 Å². The minimum Gasteiger partial charge on any atom is -0.444 e. The van der Waals surface area contributed by atoms with E-state index in [2.05, 4.69) is 15.4 Å². The molecule has 1 fully saturated rings. The molecule has 3 rings (SSSR count). The highest BCUT2D eigenvalue weighted by Crippen LogP contribution is 2.30. The van der Waals surface area contributed by atoms with Crippen molar-refractivity contribution in [2.45, 2.75) is 82.9 Å². The molecule has 0 saturated carbocycles. The normalized spacial score (nSPS) is 16.3. The van der Waals surface area contributed by atoms with Crippen molar-refractivity contribution in [2.24, 2.45) is 5.92 Å². The molecule has 10 heteroatoms. The molecule has 0 spiro atoms. The van der Waals surface area contributed by atoms with Gasteiger partial charge in [0, 0.05) is 35.2 Å². The monoisotopic (exact) mass is 533 g/mol. The van der Waals surface area contributed by atoms with E-state index < -0.39 is 39.2 Å². The van der Waals surface area contributed by atoms with E-state index in [1.165, 1.54) is 0 Å². The van der Waals surface area contributed by atoms with Gasteiger partial charge >= 0.3 is 6.09 Å². The number of amides is 2. The minimum atomic E-state index is -3.81. The van der Waals surface area contributed by atoms with Crippen molar-refractivity contribution in [3.8, 4) is 0 Å². The van der Waals surface area contributed by atoms with Gasteiger partial charge in [0.15, 0.2) is 0 Å². The molecule has 0 aromatic heterocycles. The van der Waals surface area contributed by atoms with Gasteiger partial charge < -0.3 is 20.1 Å². The first kappa shape index (κ1) is 28.9. The van der Waals surface area contributed by atoms with Crippen molar-refractivity contribution >= 4 is 38.5 Å². The predicted octanol–water partition coefficient (Wildman–Crippen LogP) is 4.57. The van der Waals surface area contributed by atoms with E-state index in [4.69, 9.17) is 9.47 Å². The number of alkyl carbamates (subject to hydrolysis) is 1. The number of rotatable bonds is 7. The fourth-order valence-electron chi connectivity index (χ4n) is 4.30. The number of benzene rings is 2. The minimum absolute atomic E-state index is 0.127. The van der Waals surface area contributed by atoms with Crippen LogP contribution in [0.5, 0.6) is 0 Å². The Morgan fingerprint density at radius 2 is 1.62 bits per heavy atom. The summed E-state index contributed by atoms with van der Waals surface area (Å²) in [6, 6.07) is 9.24. The van der Waals surface area contributed by atoms with Gasteiger partial charge in [0.2, 0.25) is 15.9 Å². The van der Waals surface area contributed by atoms with Gasteiger partial charge in [-0.2, -0.15) is 0 Å². The molecule has 1 heterocycles. The van der Waals surface area contributed by atoms with Crippen LogP contribution in [0.25, 0.3) is 10.8 Å². The summed E-state index contributed by atoms with van der Waals surface area (Å²) in [4.78, 5) is 26.1. The van der Waals surface area contributed by atoms with Crippen LogP contribution in [0.3, 0.4) is 0 Å². The number of nitrogens with one attached hydrogen (secondary N) is 3. The number of sulfonamides is 1. The molecule has 1 saturated heterocycles. The summed E-state index contributed by atoms with van der Waals surface area (Å²) in [5.41, 5.74) is -0.904. The highest BCUT2D eigenvalue weighted by Gasteiger charge is 2.29. The summed E-state index contributed by atoms with van der Waals surface area (Å²) >= 11 is 0. The lowest BCUT2D eigenvalue weighted by molar-refractivity contribution is -0.118. The van der Waals surface area contributed by atoms with E-state index in [0.717, 1.165) is 12.8 Å². The Hall–Kier alpha value is -2.69. The maximum absolute atomic E-state index is 13.5. The fraction of sp³-hybridized carbons (Fsp3) is 0.556. The second kappa shape index (κ2) is 11.4. The molecule has 1 atom stereocenters. The molecule has 0 unspecified atom stereocenters. The third-order valence-corrected chi connectivity index (χ3v) is 7.60. The summed E-state index contributed by atoms with van der Waals surface area (Å²) < 4.78 is 39.7. The molecule has 204 valence electrons. The van der Waals surface area contributed by atoms with Gasteiger partial charge in [-0.3, -0.25) is 4.79 Å². The number of hydrogen-bond acceptors (Lipinski definition) is 6. The van der Waals surface area contributed by atoms with Crippen molar-refractivity contribution in [1.29, 1.82) is 0 Å². The zero-order chi connectivity index (χ0) is 27.4. The van der Waals surface area contributed by atoms with Crippen molar-refractivity contribution in [1.82, 2.24) is 10.0 Å². The highest BCUT2D eigenvalue weighted by atomic mass is 32.2. The lowest BCUT2D eigenvalue weighted by Crippen LogP contribution is -2.47. The van der Waals surface area contributed by atoms with Crippen LogP contribution >= 0.6 is 0 Å².